The van der Waals surface area contributed by atoms with E-state index in [0.717, 1.165) is 89.9 Å². The van der Waals surface area contributed by atoms with E-state index in [0.29, 0.717) is 19.3 Å². The molecule has 0 fully saturated rings. The van der Waals surface area contributed by atoms with Gasteiger partial charge in [-0.05, 0) is 89.9 Å². The van der Waals surface area contributed by atoms with E-state index in [9.17, 15) is 14.4 Å². The molecule has 0 saturated heterocycles. The first-order chi connectivity index (χ1) is 29.0. The Bertz CT molecular complexity index is 1090. The summed E-state index contributed by atoms with van der Waals surface area (Å²) in [6, 6.07) is 0. The van der Waals surface area contributed by atoms with E-state index in [2.05, 4.69) is 81.5 Å². The number of hydrogen-bond acceptors (Lipinski definition) is 6. The van der Waals surface area contributed by atoms with Crippen LogP contribution in [-0.2, 0) is 28.6 Å². The minimum absolute atomic E-state index is 0.0924. The van der Waals surface area contributed by atoms with E-state index in [1.54, 1.807) is 0 Å². The van der Waals surface area contributed by atoms with Gasteiger partial charge in [0.05, 0.1) is 0 Å². The molecule has 0 saturated carbocycles. The Morgan fingerprint density at radius 3 is 1.02 bits per heavy atom. The van der Waals surface area contributed by atoms with Gasteiger partial charge in [-0.1, -0.05) is 191 Å². The largest absolute Gasteiger partial charge is 0.462 e. The zero-order valence-electron chi connectivity index (χ0n) is 38.8. The lowest BCUT2D eigenvalue weighted by molar-refractivity contribution is -0.167. The first-order valence-electron chi connectivity index (χ1n) is 24.8. The number of allylic oxidation sites excluding steroid dienone is 10. The highest BCUT2D eigenvalue weighted by Crippen LogP contribution is 2.14. The molecule has 0 spiro atoms. The number of esters is 3. The van der Waals surface area contributed by atoms with Crippen LogP contribution >= 0.6 is 0 Å². The molecule has 0 N–H and O–H groups in total. The third-order valence-electron chi connectivity index (χ3n) is 10.5. The van der Waals surface area contributed by atoms with Crippen molar-refractivity contribution in [3.8, 4) is 0 Å². The van der Waals surface area contributed by atoms with Crippen molar-refractivity contribution in [1.82, 2.24) is 0 Å². The fraction of sp³-hybridized carbons (Fsp3) is 0.755. The monoisotopic (exact) mass is 825 g/mol. The first-order valence-corrected chi connectivity index (χ1v) is 24.8. The molecular formula is C53H92O6. The summed E-state index contributed by atoms with van der Waals surface area (Å²) < 4.78 is 16.7. The highest BCUT2D eigenvalue weighted by molar-refractivity contribution is 5.71. The molecule has 0 bridgehead atoms. The van der Waals surface area contributed by atoms with Crippen molar-refractivity contribution < 1.29 is 28.6 Å². The molecule has 59 heavy (non-hydrogen) atoms. The predicted molar refractivity (Wildman–Crippen MR) is 251 cm³/mol. The van der Waals surface area contributed by atoms with Gasteiger partial charge in [0.2, 0.25) is 0 Å². The summed E-state index contributed by atoms with van der Waals surface area (Å²) in [7, 11) is 0. The standard InChI is InChI=1S/C53H92O6/c1-4-7-10-13-16-19-22-24-26-28-31-33-36-39-42-45-51(54)57-48-50(59-53(56)47-44-41-38-35-30-21-18-15-12-9-6-3)49-58-52(55)46-43-40-37-34-32-29-27-25-23-20-17-14-11-8-5-2/h16-17,19-20,24-27,31,33,50H,4-15,18,21-23,28-30,32,34-49H2,1-3H3/b19-16-,20-17-,26-24-,27-25-,33-31-/t50-/m1/s1. The number of carbonyl (C=O) groups is 3. The molecule has 6 heteroatoms. The average Bonchev–Trinajstić information content (AvgIpc) is 3.23. The number of carbonyl (C=O) groups excluding carboxylic acids is 3. The molecule has 340 valence electrons. The Morgan fingerprint density at radius 2 is 0.610 bits per heavy atom. The number of rotatable bonds is 44. The van der Waals surface area contributed by atoms with Gasteiger partial charge in [0.1, 0.15) is 13.2 Å². The second-order valence-corrected chi connectivity index (χ2v) is 16.4. The van der Waals surface area contributed by atoms with Gasteiger partial charge in [0, 0.05) is 19.3 Å². The zero-order valence-corrected chi connectivity index (χ0v) is 38.8. The maximum Gasteiger partial charge on any atom is 0.306 e. The molecule has 0 unspecified atom stereocenters. The van der Waals surface area contributed by atoms with Crippen molar-refractivity contribution in [3.63, 3.8) is 0 Å². The van der Waals surface area contributed by atoms with Crippen LogP contribution in [0.4, 0.5) is 0 Å². The summed E-state index contributed by atoms with van der Waals surface area (Å²) in [5, 5.41) is 0. The average molecular weight is 825 g/mol. The van der Waals surface area contributed by atoms with E-state index >= 15 is 0 Å². The summed E-state index contributed by atoms with van der Waals surface area (Å²) in [5.74, 6) is -0.943. The molecule has 0 amide bonds. The van der Waals surface area contributed by atoms with E-state index in [1.165, 1.54) is 109 Å². The summed E-state index contributed by atoms with van der Waals surface area (Å²) in [6.45, 7) is 6.53. The molecule has 6 nitrogen and oxygen atoms in total. The molecule has 1 atom stereocenters. The number of unbranched alkanes of at least 4 members (excludes halogenated alkanes) is 23. The molecule has 0 aliphatic rings. The predicted octanol–water partition coefficient (Wildman–Crippen LogP) is 16.1. The maximum absolute atomic E-state index is 12.7. The Labute approximate surface area is 364 Å². The normalized spacial score (nSPS) is 12.5. The van der Waals surface area contributed by atoms with Gasteiger partial charge in [-0.25, -0.2) is 0 Å². The highest BCUT2D eigenvalue weighted by atomic mass is 16.6. The maximum atomic E-state index is 12.7. The van der Waals surface area contributed by atoms with Gasteiger partial charge in [-0.15, -0.1) is 0 Å². The summed E-state index contributed by atoms with van der Waals surface area (Å²) >= 11 is 0. The van der Waals surface area contributed by atoms with Gasteiger partial charge in [0.25, 0.3) is 0 Å². The van der Waals surface area contributed by atoms with Crippen LogP contribution in [0.3, 0.4) is 0 Å². The fourth-order valence-corrected chi connectivity index (χ4v) is 6.71. The van der Waals surface area contributed by atoms with Crippen LogP contribution in [0.5, 0.6) is 0 Å². The second-order valence-electron chi connectivity index (χ2n) is 16.4. The molecule has 0 rings (SSSR count). The molecule has 0 heterocycles. The van der Waals surface area contributed by atoms with Crippen LogP contribution < -0.4 is 0 Å². The second kappa shape index (κ2) is 47.8. The van der Waals surface area contributed by atoms with Crippen LogP contribution in [-0.4, -0.2) is 37.2 Å². The van der Waals surface area contributed by atoms with Crippen molar-refractivity contribution >= 4 is 17.9 Å². The molecule has 0 radical (unpaired) electrons. The third kappa shape index (κ3) is 46.0. The lowest BCUT2D eigenvalue weighted by atomic mass is 10.1. The fourth-order valence-electron chi connectivity index (χ4n) is 6.71. The SMILES string of the molecule is CCCCC/C=C\C/C=C\C/C=C\CCCCC(=O)OC[C@H](COC(=O)CCCCCCC/C=C\C/C=C\CCCCC)OC(=O)CCCCCCCCCCCCC. The van der Waals surface area contributed by atoms with Crippen molar-refractivity contribution in [2.45, 2.75) is 245 Å². The van der Waals surface area contributed by atoms with Crippen molar-refractivity contribution in [2.24, 2.45) is 0 Å². The summed E-state index contributed by atoms with van der Waals surface area (Å²) in [6.07, 6.45) is 57.7. The Morgan fingerprint density at radius 1 is 0.339 bits per heavy atom. The minimum Gasteiger partial charge on any atom is -0.462 e. The summed E-state index contributed by atoms with van der Waals surface area (Å²) in [5.41, 5.74) is 0. The highest BCUT2D eigenvalue weighted by Gasteiger charge is 2.19. The van der Waals surface area contributed by atoms with Gasteiger partial charge in [-0.3, -0.25) is 14.4 Å². The van der Waals surface area contributed by atoms with Gasteiger partial charge in [0.15, 0.2) is 6.10 Å². The molecule has 0 aliphatic heterocycles. The molecular weight excluding hydrogens is 733 g/mol. The van der Waals surface area contributed by atoms with Crippen molar-refractivity contribution in [1.29, 1.82) is 0 Å². The topological polar surface area (TPSA) is 78.9 Å². The smallest absolute Gasteiger partial charge is 0.306 e. The lowest BCUT2D eigenvalue weighted by Gasteiger charge is -2.18. The first kappa shape index (κ1) is 56.1. The van der Waals surface area contributed by atoms with E-state index in [-0.39, 0.29) is 31.1 Å². The molecule has 0 aliphatic carbocycles. The van der Waals surface area contributed by atoms with Crippen LogP contribution in [0.25, 0.3) is 0 Å². The minimum atomic E-state index is -0.791. The Hall–Kier alpha value is -2.89. The van der Waals surface area contributed by atoms with E-state index in [1.807, 2.05) is 0 Å². The quantitative estimate of drug-likeness (QED) is 0.0263. The van der Waals surface area contributed by atoms with Gasteiger partial charge < -0.3 is 14.2 Å². The third-order valence-corrected chi connectivity index (χ3v) is 10.5. The van der Waals surface area contributed by atoms with Crippen LogP contribution in [0.1, 0.15) is 239 Å². The summed E-state index contributed by atoms with van der Waals surface area (Å²) in [4.78, 5) is 37.8. The molecule has 0 aromatic carbocycles. The van der Waals surface area contributed by atoms with Crippen LogP contribution in [0.15, 0.2) is 60.8 Å². The van der Waals surface area contributed by atoms with Crippen molar-refractivity contribution in [3.05, 3.63) is 60.8 Å². The molecule has 0 aromatic rings. The van der Waals surface area contributed by atoms with E-state index < -0.39 is 6.10 Å². The van der Waals surface area contributed by atoms with E-state index in [4.69, 9.17) is 14.2 Å². The van der Waals surface area contributed by atoms with Crippen LogP contribution in [0, 0.1) is 0 Å². The number of ether oxygens (including phenoxy) is 3. The Balaban J connectivity index is 4.44. The van der Waals surface area contributed by atoms with Crippen molar-refractivity contribution in [2.75, 3.05) is 13.2 Å². The molecule has 0 aromatic heterocycles. The van der Waals surface area contributed by atoms with Gasteiger partial charge in [-0.2, -0.15) is 0 Å². The Kier molecular flexibility index (Phi) is 45.4. The van der Waals surface area contributed by atoms with Gasteiger partial charge >= 0.3 is 17.9 Å². The lowest BCUT2D eigenvalue weighted by Crippen LogP contribution is -2.30. The van der Waals surface area contributed by atoms with Crippen LogP contribution in [0.2, 0.25) is 0 Å². The number of hydrogen-bond donors (Lipinski definition) is 0. The zero-order chi connectivity index (χ0) is 43.0.